The van der Waals surface area contributed by atoms with Gasteiger partial charge in [0.15, 0.2) is 0 Å². The van der Waals surface area contributed by atoms with Crippen LogP contribution in [0.25, 0.3) is 0 Å². The molecule has 4 rings (SSSR count). The number of carbonyl (C=O) groups is 1. The number of carbonyl (C=O) groups excluding carboxylic acids is 1. The van der Waals surface area contributed by atoms with Gasteiger partial charge < -0.3 is 14.8 Å². The largest absolute Gasteiger partial charge is 0.497 e. The Morgan fingerprint density at radius 2 is 1.54 bits per heavy atom. The first-order valence-electron chi connectivity index (χ1n) is 11.6. The molecule has 3 aromatic carbocycles. The highest BCUT2D eigenvalue weighted by Crippen LogP contribution is 2.36. The predicted molar refractivity (Wildman–Crippen MR) is 133 cm³/mol. The van der Waals surface area contributed by atoms with Crippen molar-refractivity contribution in [3.05, 3.63) is 99.6 Å². The first-order chi connectivity index (χ1) is 17.0. The van der Waals surface area contributed by atoms with Crippen molar-refractivity contribution >= 4 is 11.6 Å². The van der Waals surface area contributed by atoms with Gasteiger partial charge in [0.25, 0.3) is 5.91 Å². The molecule has 8 heteroatoms. The lowest BCUT2D eigenvalue weighted by Gasteiger charge is -2.38. The van der Waals surface area contributed by atoms with Gasteiger partial charge in [0.05, 0.1) is 25.2 Å². The molecule has 3 aromatic rings. The minimum atomic E-state index is -0.597. The molecule has 35 heavy (non-hydrogen) atoms. The third kappa shape index (κ3) is 5.44. The number of nitrogens with zero attached hydrogens (tertiary/aromatic N) is 2. The molecule has 0 aromatic heterocycles. The average molecular weight is 476 g/mol. The summed E-state index contributed by atoms with van der Waals surface area (Å²) in [5, 5.41) is 14.7. The Bertz CT molecular complexity index is 1120. The molecule has 1 saturated heterocycles. The van der Waals surface area contributed by atoms with Gasteiger partial charge in [0.1, 0.15) is 11.3 Å². The molecule has 0 radical (unpaired) electrons. The van der Waals surface area contributed by atoms with Gasteiger partial charge in [-0.15, -0.1) is 0 Å². The number of hydrogen-bond acceptors (Lipinski definition) is 6. The highest BCUT2D eigenvalue weighted by Gasteiger charge is 2.31. The van der Waals surface area contributed by atoms with E-state index in [9.17, 15) is 14.9 Å². The molecule has 0 atom stereocenters. The molecule has 182 valence electrons. The van der Waals surface area contributed by atoms with E-state index in [2.05, 4.69) is 34.5 Å². The van der Waals surface area contributed by atoms with Crippen LogP contribution < -0.4 is 14.8 Å². The number of nitrogens with one attached hydrogen (secondary N) is 1. The summed E-state index contributed by atoms with van der Waals surface area (Å²) < 4.78 is 10.4. The fourth-order valence-electron chi connectivity index (χ4n) is 4.67. The van der Waals surface area contributed by atoms with Crippen LogP contribution in [-0.4, -0.2) is 49.1 Å². The topological polar surface area (TPSA) is 93.9 Å². The fraction of sp³-hybridized carbons (Fsp3) is 0.296. The predicted octanol–water partition coefficient (Wildman–Crippen LogP) is 4.60. The first-order valence-corrected chi connectivity index (χ1v) is 11.6. The van der Waals surface area contributed by atoms with Gasteiger partial charge in [-0.3, -0.25) is 19.8 Å². The third-order valence-corrected chi connectivity index (χ3v) is 6.39. The van der Waals surface area contributed by atoms with Gasteiger partial charge in [-0.2, -0.15) is 0 Å². The molecule has 0 aliphatic carbocycles. The summed E-state index contributed by atoms with van der Waals surface area (Å²) in [5.41, 5.74) is 2.01. The van der Waals surface area contributed by atoms with E-state index >= 15 is 0 Å². The van der Waals surface area contributed by atoms with E-state index in [1.54, 1.807) is 0 Å². The standard InChI is InChI=1S/C27H29N3O5/c1-34-22-17-23(26(30(32)33)24(18-22)35-2)27(31)28-21-13-15-29(16-14-21)25(19-9-5-3-6-10-19)20-11-7-4-8-12-20/h3-12,17-18,21,25H,13-16H2,1-2H3,(H,28,31). The maximum absolute atomic E-state index is 13.1. The van der Waals surface area contributed by atoms with Crippen LogP contribution in [0.1, 0.15) is 40.4 Å². The second-order valence-corrected chi connectivity index (χ2v) is 8.49. The van der Waals surface area contributed by atoms with Crippen molar-refractivity contribution in [3.63, 3.8) is 0 Å². The molecule has 0 saturated carbocycles. The Balaban J connectivity index is 1.49. The van der Waals surface area contributed by atoms with E-state index < -0.39 is 10.8 Å². The lowest BCUT2D eigenvalue weighted by molar-refractivity contribution is -0.386. The minimum absolute atomic E-state index is 0.0112. The van der Waals surface area contributed by atoms with Gasteiger partial charge in [-0.1, -0.05) is 60.7 Å². The van der Waals surface area contributed by atoms with Crippen LogP contribution >= 0.6 is 0 Å². The van der Waals surface area contributed by atoms with E-state index in [-0.39, 0.29) is 29.1 Å². The van der Waals surface area contributed by atoms with Crippen molar-refractivity contribution < 1.29 is 19.2 Å². The number of benzene rings is 3. The summed E-state index contributed by atoms with van der Waals surface area (Å²) >= 11 is 0. The second-order valence-electron chi connectivity index (χ2n) is 8.49. The molecule has 1 fully saturated rings. The van der Waals surface area contributed by atoms with Crippen LogP contribution in [0, 0.1) is 10.1 Å². The normalized spacial score (nSPS) is 14.5. The molecule has 1 amide bonds. The van der Waals surface area contributed by atoms with Crippen molar-refractivity contribution in [1.29, 1.82) is 0 Å². The molecule has 1 aliphatic heterocycles. The van der Waals surface area contributed by atoms with E-state index in [0.717, 1.165) is 25.9 Å². The van der Waals surface area contributed by atoms with E-state index in [1.807, 2.05) is 36.4 Å². The highest BCUT2D eigenvalue weighted by atomic mass is 16.6. The van der Waals surface area contributed by atoms with Crippen molar-refractivity contribution in [2.24, 2.45) is 0 Å². The zero-order valence-electron chi connectivity index (χ0n) is 19.8. The lowest BCUT2D eigenvalue weighted by atomic mass is 9.94. The molecular weight excluding hydrogens is 446 g/mol. The second kappa shape index (κ2) is 11.0. The van der Waals surface area contributed by atoms with E-state index in [0.29, 0.717) is 5.75 Å². The number of ether oxygens (including phenoxy) is 2. The summed E-state index contributed by atoms with van der Waals surface area (Å²) in [7, 11) is 2.77. The molecule has 1 N–H and O–H groups in total. The molecule has 0 unspecified atom stereocenters. The zero-order chi connectivity index (χ0) is 24.8. The maximum atomic E-state index is 13.1. The van der Waals surface area contributed by atoms with Crippen LogP contribution in [0.4, 0.5) is 5.69 Å². The van der Waals surface area contributed by atoms with Crippen LogP contribution in [0.3, 0.4) is 0 Å². The Labute approximate surface area is 204 Å². The van der Waals surface area contributed by atoms with Gasteiger partial charge in [0.2, 0.25) is 5.75 Å². The number of nitro benzene ring substituents is 1. The number of piperidine rings is 1. The zero-order valence-corrected chi connectivity index (χ0v) is 19.8. The summed E-state index contributed by atoms with van der Waals surface area (Å²) in [6.45, 7) is 1.56. The van der Waals surface area contributed by atoms with Crippen molar-refractivity contribution in [3.8, 4) is 11.5 Å². The highest BCUT2D eigenvalue weighted by molar-refractivity contribution is 6.00. The molecular formula is C27H29N3O5. The monoisotopic (exact) mass is 475 g/mol. The number of amides is 1. The number of hydrogen-bond donors (Lipinski definition) is 1. The molecule has 1 aliphatic rings. The van der Waals surface area contributed by atoms with Crippen LogP contribution in [0.5, 0.6) is 11.5 Å². The Morgan fingerprint density at radius 3 is 2.03 bits per heavy atom. The Hall–Kier alpha value is -3.91. The van der Waals surface area contributed by atoms with Crippen LogP contribution in [-0.2, 0) is 0 Å². The van der Waals surface area contributed by atoms with Crippen LogP contribution in [0.15, 0.2) is 72.8 Å². The Morgan fingerprint density at radius 1 is 0.971 bits per heavy atom. The number of methoxy groups -OCH3 is 2. The van der Waals surface area contributed by atoms with E-state index in [1.165, 1.54) is 37.5 Å². The van der Waals surface area contributed by atoms with Gasteiger partial charge >= 0.3 is 5.69 Å². The molecule has 8 nitrogen and oxygen atoms in total. The molecule has 0 spiro atoms. The van der Waals surface area contributed by atoms with Gasteiger partial charge in [0, 0.05) is 31.3 Å². The SMILES string of the molecule is COc1cc(OC)c([N+](=O)[O-])c(C(=O)NC2CCN(C(c3ccccc3)c3ccccc3)CC2)c1. The van der Waals surface area contributed by atoms with Crippen molar-refractivity contribution in [1.82, 2.24) is 10.2 Å². The summed E-state index contributed by atoms with van der Waals surface area (Å²) in [5.74, 6) is -0.195. The average Bonchev–Trinajstić information content (AvgIpc) is 2.90. The van der Waals surface area contributed by atoms with Crippen molar-refractivity contribution in [2.45, 2.75) is 24.9 Å². The number of likely N-dealkylation sites (tertiary alicyclic amines) is 1. The quantitative estimate of drug-likeness (QED) is 0.378. The van der Waals surface area contributed by atoms with Crippen molar-refractivity contribution in [2.75, 3.05) is 27.3 Å². The number of rotatable bonds is 8. The van der Waals surface area contributed by atoms with Gasteiger partial charge in [-0.05, 0) is 24.0 Å². The minimum Gasteiger partial charge on any atom is -0.497 e. The summed E-state index contributed by atoms with van der Waals surface area (Å²) in [6, 6.07) is 23.6. The maximum Gasteiger partial charge on any atom is 0.323 e. The van der Waals surface area contributed by atoms with Crippen LogP contribution in [0.2, 0.25) is 0 Å². The first kappa shape index (κ1) is 24.2. The summed E-state index contributed by atoms with van der Waals surface area (Å²) in [6.07, 6.45) is 1.47. The van der Waals surface area contributed by atoms with E-state index in [4.69, 9.17) is 9.47 Å². The fourth-order valence-corrected chi connectivity index (χ4v) is 4.67. The Kier molecular flexibility index (Phi) is 7.62. The smallest absolute Gasteiger partial charge is 0.323 e. The van der Waals surface area contributed by atoms with Gasteiger partial charge in [-0.25, -0.2) is 0 Å². The molecule has 0 bridgehead atoms. The number of nitro groups is 1. The lowest BCUT2D eigenvalue weighted by Crippen LogP contribution is -2.46. The molecule has 1 heterocycles. The summed E-state index contributed by atoms with van der Waals surface area (Å²) in [4.78, 5) is 26.6. The third-order valence-electron chi connectivity index (χ3n) is 6.39.